The molecule has 2 aromatic carbocycles. The molecule has 0 atom stereocenters. The van der Waals surface area contributed by atoms with Crippen LogP contribution in [0.1, 0.15) is 38.8 Å². The molecule has 0 aliphatic rings. The van der Waals surface area contributed by atoms with Crippen LogP contribution < -0.4 is 0 Å². The van der Waals surface area contributed by atoms with Crippen LogP contribution in [-0.2, 0) is 17.7 Å². The molecule has 32 heavy (non-hydrogen) atoms. The minimum atomic E-state index is 0.175. The molecule has 5 rings (SSSR count). The zero-order valence-corrected chi connectivity index (χ0v) is 20.4. The Morgan fingerprint density at radius 1 is 0.938 bits per heavy atom. The van der Waals surface area contributed by atoms with E-state index in [4.69, 9.17) is 4.98 Å². The zero-order chi connectivity index (χ0) is 22.3. The van der Waals surface area contributed by atoms with Crippen molar-refractivity contribution >= 4 is 44.2 Å². The third-order valence-corrected chi connectivity index (χ3v) is 7.73. The van der Waals surface area contributed by atoms with Crippen LogP contribution in [0.5, 0.6) is 0 Å². The summed E-state index contributed by atoms with van der Waals surface area (Å²) in [7, 11) is 0. The minimum Gasteiger partial charge on any atom is -0.302 e. The third-order valence-electron chi connectivity index (χ3n) is 5.65. The Morgan fingerprint density at radius 3 is 2.47 bits per heavy atom. The molecule has 162 valence electrons. The van der Waals surface area contributed by atoms with Crippen molar-refractivity contribution in [1.82, 2.24) is 19.7 Å². The molecular formula is C26H26N4S2. The van der Waals surface area contributed by atoms with Gasteiger partial charge in [0.2, 0.25) is 0 Å². The van der Waals surface area contributed by atoms with Gasteiger partial charge in [-0.15, -0.1) is 21.5 Å². The second-order valence-corrected chi connectivity index (χ2v) is 10.9. The molecule has 0 N–H and O–H groups in total. The van der Waals surface area contributed by atoms with Gasteiger partial charge in [-0.3, -0.25) is 0 Å². The van der Waals surface area contributed by atoms with Gasteiger partial charge in [0.05, 0.1) is 10.4 Å². The molecule has 0 unspecified atom stereocenters. The van der Waals surface area contributed by atoms with Gasteiger partial charge < -0.3 is 4.57 Å². The van der Waals surface area contributed by atoms with E-state index in [0.29, 0.717) is 0 Å². The largest absolute Gasteiger partial charge is 0.302 e. The number of para-hydroxylation sites is 1. The lowest BCUT2D eigenvalue weighted by atomic mass is 9.87. The number of thioether (sulfide) groups is 1. The Balaban J connectivity index is 1.41. The highest BCUT2D eigenvalue weighted by molar-refractivity contribution is 7.98. The zero-order valence-electron chi connectivity index (χ0n) is 18.8. The monoisotopic (exact) mass is 458 g/mol. The van der Waals surface area contributed by atoms with Gasteiger partial charge in [0, 0.05) is 23.1 Å². The average Bonchev–Trinajstić information content (AvgIpc) is 3.38. The first-order chi connectivity index (χ1) is 15.4. The lowest BCUT2D eigenvalue weighted by Gasteiger charge is -2.19. The molecule has 0 saturated heterocycles. The number of rotatable bonds is 5. The highest BCUT2D eigenvalue weighted by atomic mass is 32.2. The van der Waals surface area contributed by atoms with Gasteiger partial charge in [0.15, 0.2) is 11.0 Å². The Bertz CT molecular complexity index is 1340. The number of pyridine rings is 1. The van der Waals surface area contributed by atoms with E-state index in [2.05, 4.69) is 97.1 Å². The summed E-state index contributed by atoms with van der Waals surface area (Å²) in [5, 5.41) is 12.4. The molecule has 0 saturated carbocycles. The van der Waals surface area contributed by atoms with Crippen molar-refractivity contribution in [2.75, 3.05) is 0 Å². The van der Waals surface area contributed by atoms with Crippen molar-refractivity contribution in [2.24, 2.45) is 0 Å². The van der Waals surface area contributed by atoms with Crippen LogP contribution in [0.4, 0.5) is 0 Å². The molecule has 0 fully saturated rings. The van der Waals surface area contributed by atoms with Gasteiger partial charge in [0.25, 0.3) is 0 Å². The van der Waals surface area contributed by atoms with Crippen LogP contribution in [0, 0.1) is 0 Å². The van der Waals surface area contributed by atoms with Crippen LogP contribution in [-0.4, -0.2) is 19.7 Å². The Labute approximate surface area is 196 Å². The van der Waals surface area contributed by atoms with Gasteiger partial charge in [0.1, 0.15) is 4.83 Å². The van der Waals surface area contributed by atoms with Crippen molar-refractivity contribution in [3.8, 4) is 10.7 Å². The number of fused-ring (bicyclic) bond motifs is 2. The van der Waals surface area contributed by atoms with Crippen LogP contribution in [0.25, 0.3) is 31.8 Å². The molecule has 0 aliphatic carbocycles. The van der Waals surface area contributed by atoms with Crippen molar-refractivity contribution in [2.45, 2.75) is 50.6 Å². The summed E-state index contributed by atoms with van der Waals surface area (Å²) in [6.07, 6.45) is 0. The van der Waals surface area contributed by atoms with E-state index in [0.717, 1.165) is 49.3 Å². The highest BCUT2D eigenvalue weighted by Crippen LogP contribution is 2.35. The Morgan fingerprint density at radius 2 is 1.72 bits per heavy atom. The average molecular weight is 459 g/mol. The van der Waals surface area contributed by atoms with Gasteiger partial charge in [-0.05, 0) is 41.7 Å². The van der Waals surface area contributed by atoms with E-state index in [1.807, 2.05) is 6.07 Å². The topological polar surface area (TPSA) is 43.6 Å². The number of nitrogens with zero attached hydrogens (tertiary/aromatic N) is 4. The molecule has 0 radical (unpaired) electrons. The van der Waals surface area contributed by atoms with Gasteiger partial charge in [-0.25, -0.2) is 4.98 Å². The molecule has 3 heterocycles. The second-order valence-electron chi connectivity index (χ2n) is 8.97. The van der Waals surface area contributed by atoms with Crippen LogP contribution in [0.2, 0.25) is 0 Å². The maximum atomic E-state index is 4.84. The maximum absolute atomic E-state index is 4.84. The van der Waals surface area contributed by atoms with Gasteiger partial charge >= 0.3 is 0 Å². The molecule has 6 heteroatoms. The smallest absolute Gasteiger partial charge is 0.191 e. The molecular weight excluding hydrogens is 432 g/mol. The number of aromatic nitrogens is 4. The SMILES string of the molecule is CCn1c(SCc2ccc(C(C)(C)C)cc2)nnc1-c1cc2cc3ccccc3nc2s1. The highest BCUT2D eigenvalue weighted by Gasteiger charge is 2.17. The number of hydrogen-bond donors (Lipinski definition) is 0. The quantitative estimate of drug-likeness (QED) is 0.259. The summed E-state index contributed by atoms with van der Waals surface area (Å²) < 4.78 is 2.21. The standard InChI is InChI=1S/C26H26N4S2/c1-5-30-23(22-15-19-14-18-8-6-7-9-21(18)27-24(19)32-22)28-29-25(30)31-16-17-10-12-20(13-11-17)26(2,3)4/h6-15H,5,16H2,1-4H3. The van der Waals surface area contributed by atoms with Crippen molar-refractivity contribution < 1.29 is 0 Å². The predicted molar refractivity (Wildman–Crippen MR) is 137 cm³/mol. The summed E-state index contributed by atoms with van der Waals surface area (Å²) in [6, 6.07) is 21.6. The number of thiophene rings is 1. The molecule has 5 aromatic rings. The van der Waals surface area contributed by atoms with E-state index in [1.165, 1.54) is 11.1 Å². The van der Waals surface area contributed by atoms with Crippen molar-refractivity contribution in [1.29, 1.82) is 0 Å². The summed E-state index contributed by atoms with van der Waals surface area (Å²) in [4.78, 5) is 6.99. The van der Waals surface area contributed by atoms with E-state index in [9.17, 15) is 0 Å². The summed E-state index contributed by atoms with van der Waals surface area (Å²) >= 11 is 3.42. The third kappa shape index (κ3) is 4.05. The van der Waals surface area contributed by atoms with Crippen molar-refractivity contribution in [3.05, 3.63) is 71.8 Å². The second kappa shape index (κ2) is 8.34. The molecule has 4 nitrogen and oxygen atoms in total. The number of benzene rings is 2. The van der Waals surface area contributed by atoms with Crippen LogP contribution in [0.15, 0.2) is 65.8 Å². The van der Waals surface area contributed by atoms with Crippen molar-refractivity contribution in [3.63, 3.8) is 0 Å². The molecule has 0 bridgehead atoms. The van der Waals surface area contributed by atoms with E-state index in [-0.39, 0.29) is 5.41 Å². The summed E-state index contributed by atoms with van der Waals surface area (Å²) in [5.41, 5.74) is 3.86. The normalized spacial score (nSPS) is 12.1. The maximum Gasteiger partial charge on any atom is 0.191 e. The summed E-state index contributed by atoms with van der Waals surface area (Å²) in [5.74, 6) is 1.80. The molecule has 0 amide bonds. The molecule has 0 aliphatic heterocycles. The lowest BCUT2D eigenvalue weighted by Crippen LogP contribution is -2.10. The van der Waals surface area contributed by atoms with E-state index < -0.39 is 0 Å². The predicted octanol–water partition coefficient (Wildman–Crippen LogP) is 7.32. The first-order valence-electron chi connectivity index (χ1n) is 10.9. The van der Waals surface area contributed by atoms with Gasteiger partial charge in [-0.1, -0.05) is 75.0 Å². The fraction of sp³-hybridized carbons (Fsp3) is 0.269. The summed E-state index contributed by atoms with van der Waals surface area (Å²) in [6.45, 7) is 9.71. The fourth-order valence-electron chi connectivity index (χ4n) is 3.80. The molecule has 3 aromatic heterocycles. The number of hydrogen-bond acceptors (Lipinski definition) is 5. The first kappa shape index (κ1) is 21.2. The van der Waals surface area contributed by atoms with Gasteiger partial charge in [-0.2, -0.15) is 0 Å². The fourth-order valence-corrected chi connectivity index (χ4v) is 5.77. The lowest BCUT2D eigenvalue weighted by molar-refractivity contribution is 0.590. The first-order valence-corrected chi connectivity index (χ1v) is 12.7. The van der Waals surface area contributed by atoms with E-state index in [1.54, 1.807) is 23.1 Å². The Kier molecular flexibility index (Phi) is 5.51. The van der Waals surface area contributed by atoms with E-state index >= 15 is 0 Å². The Hall–Kier alpha value is -2.70. The van der Waals surface area contributed by atoms with Crippen LogP contribution in [0.3, 0.4) is 0 Å². The molecule has 0 spiro atoms. The van der Waals surface area contributed by atoms with Crippen LogP contribution >= 0.6 is 23.1 Å². The minimum absolute atomic E-state index is 0.175.